The standard InChI is InChI=1S/C12H14F3NO/c1-16-11-4-5-17-7-8-6-9(12(13,14)15)2-3-10(8)11/h2-3,6,11,16H,4-5,7H2,1H3/t11-/m1/s1. The van der Waals surface area contributed by atoms with Crippen LogP contribution in [0.2, 0.25) is 0 Å². The summed E-state index contributed by atoms with van der Waals surface area (Å²) in [7, 11) is 1.80. The largest absolute Gasteiger partial charge is 0.416 e. The van der Waals surface area contributed by atoms with E-state index in [0.717, 1.165) is 18.1 Å². The molecule has 1 atom stereocenters. The highest BCUT2D eigenvalue weighted by Gasteiger charge is 2.31. The van der Waals surface area contributed by atoms with Crippen molar-refractivity contribution in [3.8, 4) is 0 Å². The van der Waals surface area contributed by atoms with Gasteiger partial charge in [-0.25, -0.2) is 0 Å². The number of benzene rings is 1. The highest BCUT2D eigenvalue weighted by Crippen LogP contribution is 2.33. The summed E-state index contributed by atoms with van der Waals surface area (Å²) in [5.74, 6) is 0. The van der Waals surface area contributed by atoms with Gasteiger partial charge in [-0.3, -0.25) is 0 Å². The van der Waals surface area contributed by atoms with Gasteiger partial charge in [0.15, 0.2) is 0 Å². The van der Waals surface area contributed by atoms with Gasteiger partial charge >= 0.3 is 6.18 Å². The number of ether oxygens (including phenoxy) is 1. The zero-order valence-corrected chi connectivity index (χ0v) is 9.47. The monoisotopic (exact) mass is 245 g/mol. The normalized spacial score (nSPS) is 20.8. The Balaban J connectivity index is 2.41. The van der Waals surface area contributed by atoms with E-state index >= 15 is 0 Å². The molecule has 0 unspecified atom stereocenters. The zero-order valence-electron chi connectivity index (χ0n) is 9.47. The molecule has 1 heterocycles. The first kappa shape index (κ1) is 12.4. The molecule has 0 amide bonds. The molecule has 1 aliphatic rings. The van der Waals surface area contributed by atoms with E-state index in [0.29, 0.717) is 12.2 Å². The second-order valence-corrected chi connectivity index (χ2v) is 4.09. The van der Waals surface area contributed by atoms with E-state index in [4.69, 9.17) is 4.74 Å². The fourth-order valence-electron chi connectivity index (χ4n) is 2.09. The minimum Gasteiger partial charge on any atom is -0.377 e. The fraction of sp³-hybridized carbons (Fsp3) is 0.500. The molecule has 2 nitrogen and oxygen atoms in total. The number of hydrogen-bond donors (Lipinski definition) is 1. The summed E-state index contributed by atoms with van der Waals surface area (Å²) in [6.45, 7) is 0.805. The summed E-state index contributed by atoms with van der Waals surface area (Å²) in [5.41, 5.74) is 0.909. The molecular weight excluding hydrogens is 231 g/mol. The molecule has 1 N–H and O–H groups in total. The first-order valence-corrected chi connectivity index (χ1v) is 5.47. The Labute approximate surface area is 97.8 Å². The van der Waals surface area contributed by atoms with E-state index in [1.165, 1.54) is 6.07 Å². The van der Waals surface area contributed by atoms with Crippen LogP contribution in [0.5, 0.6) is 0 Å². The zero-order chi connectivity index (χ0) is 12.5. The maximum absolute atomic E-state index is 12.6. The van der Waals surface area contributed by atoms with Gasteiger partial charge in [0.2, 0.25) is 0 Å². The van der Waals surface area contributed by atoms with Crippen LogP contribution in [0, 0.1) is 0 Å². The number of fused-ring (bicyclic) bond motifs is 1. The van der Waals surface area contributed by atoms with E-state index in [-0.39, 0.29) is 12.6 Å². The van der Waals surface area contributed by atoms with Crippen molar-refractivity contribution in [2.24, 2.45) is 0 Å². The second kappa shape index (κ2) is 4.66. The van der Waals surface area contributed by atoms with Gasteiger partial charge in [0.25, 0.3) is 0 Å². The van der Waals surface area contributed by atoms with Crippen LogP contribution in [0.1, 0.15) is 29.2 Å². The Kier molecular flexibility index (Phi) is 3.40. The van der Waals surface area contributed by atoms with Crippen LogP contribution >= 0.6 is 0 Å². The van der Waals surface area contributed by atoms with Crippen molar-refractivity contribution in [1.29, 1.82) is 0 Å². The summed E-state index contributed by atoms with van der Waals surface area (Å²) in [5, 5.41) is 3.10. The summed E-state index contributed by atoms with van der Waals surface area (Å²) >= 11 is 0. The van der Waals surface area contributed by atoms with Gasteiger partial charge in [-0.05, 0) is 36.7 Å². The minimum atomic E-state index is -4.30. The first-order chi connectivity index (χ1) is 8.02. The van der Waals surface area contributed by atoms with Crippen molar-refractivity contribution >= 4 is 0 Å². The molecule has 0 fully saturated rings. The van der Waals surface area contributed by atoms with E-state index in [1.54, 1.807) is 13.1 Å². The topological polar surface area (TPSA) is 21.3 Å². The lowest BCUT2D eigenvalue weighted by atomic mass is 9.97. The molecule has 0 spiro atoms. The fourth-order valence-corrected chi connectivity index (χ4v) is 2.09. The molecular formula is C12H14F3NO. The third-order valence-electron chi connectivity index (χ3n) is 3.00. The van der Waals surface area contributed by atoms with E-state index in [1.807, 2.05) is 0 Å². The Bertz CT molecular complexity index is 403. The Hall–Kier alpha value is -1.07. The smallest absolute Gasteiger partial charge is 0.377 e. The molecule has 1 aliphatic heterocycles. The third-order valence-corrected chi connectivity index (χ3v) is 3.00. The summed E-state index contributed by atoms with van der Waals surface area (Å²) in [6.07, 6.45) is -3.52. The highest BCUT2D eigenvalue weighted by atomic mass is 19.4. The van der Waals surface area contributed by atoms with Crippen molar-refractivity contribution in [3.05, 3.63) is 34.9 Å². The quantitative estimate of drug-likeness (QED) is 0.821. The number of rotatable bonds is 1. The molecule has 0 bridgehead atoms. The van der Waals surface area contributed by atoms with Gasteiger partial charge in [-0.15, -0.1) is 0 Å². The SMILES string of the molecule is CN[C@@H]1CCOCc2cc(C(F)(F)F)ccc21. The molecule has 0 aliphatic carbocycles. The maximum Gasteiger partial charge on any atom is 0.416 e. The van der Waals surface area contributed by atoms with Gasteiger partial charge in [-0.2, -0.15) is 13.2 Å². The summed E-state index contributed by atoms with van der Waals surface area (Å²) in [6, 6.07) is 3.93. The van der Waals surface area contributed by atoms with Gasteiger partial charge in [0.1, 0.15) is 0 Å². The highest BCUT2D eigenvalue weighted by molar-refractivity contribution is 5.35. The van der Waals surface area contributed by atoms with Crippen LogP contribution in [-0.2, 0) is 17.5 Å². The molecule has 1 aromatic carbocycles. The van der Waals surface area contributed by atoms with Gasteiger partial charge < -0.3 is 10.1 Å². The molecule has 2 rings (SSSR count). The van der Waals surface area contributed by atoms with Crippen molar-refractivity contribution < 1.29 is 17.9 Å². The molecule has 0 radical (unpaired) electrons. The number of nitrogens with one attached hydrogen (secondary N) is 1. The van der Waals surface area contributed by atoms with Crippen LogP contribution in [0.3, 0.4) is 0 Å². The lowest BCUT2D eigenvalue weighted by molar-refractivity contribution is -0.137. The Morgan fingerprint density at radius 1 is 1.35 bits per heavy atom. The minimum absolute atomic E-state index is 0.0646. The molecule has 1 aromatic rings. The molecule has 0 saturated carbocycles. The van der Waals surface area contributed by atoms with Gasteiger partial charge in [-0.1, -0.05) is 6.07 Å². The van der Waals surface area contributed by atoms with Crippen LogP contribution in [0.4, 0.5) is 13.2 Å². The third kappa shape index (κ3) is 2.61. The average Bonchev–Trinajstić information content (AvgIpc) is 2.48. The van der Waals surface area contributed by atoms with Crippen LogP contribution in [0.15, 0.2) is 18.2 Å². The molecule has 17 heavy (non-hydrogen) atoms. The van der Waals surface area contributed by atoms with Crippen LogP contribution in [0.25, 0.3) is 0 Å². The maximum atomic E-state index is 12.6. The molecule has 5 heteroatoms. The summed E-state index contributed by atoms with van der Waals surface area (Å²) in [4.78, 5) is 0. The van der Waals surface area contributed by atoms with Gasteiger partial charge in [0, 0.05) is 12.6 Å². The average molecular weight is 245 g/mol. The van der Waals surface area contributed by atoms with Crippen molar-refractivity contribution in [3.63, 3.8) is 0 Å². The second-order valence-electron chi connectivity index (χ2n) is 4.09. The lowest BCUT2D eigenvalue weighted by Crippen LogP contribution is -2.18. The first-order valence-electron chi connectivity index (χ1n) is 5.47. The Morgan fingerprint density at radius 2 is 2.12 bits per heavy atom. The van der Waals surface area contributed by atoms with Crippen molar-refractivity contribution in [1.82, 2.24) is 5.32 Å². The Morgan fingerprint density at radius 3 is 2.76 bits per heavy atom. The van der Waals surface area contributed by atoms with Crippen molar-refractivity contribution in [2.75, 3.05) is 13.7 Å². The summed E-state index contributed by atoms with van der Waals surface area (Å²) < 4.78 is 43.1. The van der Waals surface area contributed by atoms with Crippen LogP contribution < -0.4 is 5.32 Å². The number of hydrogen-bond acceptors (Lipinski definition) is 2. The predicted molar refractivity (Wildman–Crippen MR) is 57.5 cm³/mol. The lowest BCUT2D eigenvalue weighted by Gasteiger charge is -2.17. The van der Waals surface area contributed by atoms with E-state index < -0.39 is 11.7 Å². The molecule has 94 valence electrons. The van der Waals surface area contributed by atoms with Crippen LogP contribution in [-0.4, -0.2) is 13.7 Å². The van der Waals surface area contributed by atoms with Gasteiger partial charge in [0.05, 0.1) is 12.2 Å². The van der Waals surface area contributed by atoms with E-state index in [9.17, 15) is 13.2 Å². The predicted octanol–water partition coefficient (Wildman–Crippen LogP) is 2.89. The van der Waals surface area contributed by atoms with E-state index in [2.05, 4.69) is 5.32 Å². The molecule has 0 saturated heterocycles. The van der Waals surface area contributed by atoms with Crippen molar-refractivity contribution in [2.45, 2.75) is 25.2 Å². The number of halogens is 3. The number of alkyl halides is 3. The molecule has 0 aromatic heterocycles.